The van der Waals surface area contributed by atoms with Crippen molar-refractivity contribution in [3.05, 3.63) is 28.2 Å². The number of hydrogen-bond acceptors (Lipinski definition) is 3. The van der Waals surface area contributed by atoms with Crippen molar-refractivity contribution >= 4 is 37.5 Å². The molecule has 0 saturated heterocycles. The molecule has 108 valence electrons. The summed E-state index contributed by atoms with van der Waals surface area (Å²) >= 11 is 7.10. The molecule has 1 aromatic rings. The molecule has 19 heavy (non-hydrogen) atoms. The van der Waals surface area contributed by atoms with Crippen LogP contribution in [0.5, 0.6) is 0 Å². The highest BCUT2D eigenvalue weighted by Gasteiger charge is 2.17. The Morgan fingerprint density at radius 2 is 2.00 bits per heavy atom. The SMILES string of the molecule is COCCN(c1cc(Br)ccc1CBr)C(C)COC. The lowest BCUT2D eigenvalue weighted by Gasteiger charge is -2.32. The third-order valence-electron chi connectivity index (χ3n) is 2.98. The molecule has 0 spiro atoms. The van der Waals surface area contributed by atoms with Gasteiger partial charge in [-0.2, -0.15) is 0 Å². The van der Waals surface area contributed by atoms with Crippen LogP contribution in [0.25, 0.3) is 0 Å². The Bertz CT molecular complexity index is 388. The van der Waals surface area contributed by atoms with E-state index >= 15 is 0 Å². The Kier molecular flexibility index (Phi) is 7.99. The summed E-state index contributed by atoms with van der Waals surface area (Å²) in [7, 11) is 3.46. The molecule has 0 radical (unpaired) electrons. The first-order valence-corrected chi connectivity index (χ1v) is 8.14. The van der Waals surface area contributed by atoms with E-state index in [1.165, 1.54) is 11.3 Å². The second-order valence-corrected chi connectivity index (χ2v) is 5.87. The Morgan fingerprint density at radius 3 is 2.58 bits per heavy atom. The average Bonchev–Trinajstić information content (AvgIpc) is 2.40. The van der Waals surface area contributed by atoms with Crippen molar-refractivity contribution in [3.8, 4) is 0 Å². The Morgan fingerprint density at radius 1 is 1.26 bits per heavy atom. The van der Waals surface area contributed by atoms with Crippen molar-refractivity contribution in [3.63, 3.8) is 0 Å². The highest BCUT2D eigenvalue weighted by Crippen LogP contribution is 2.28. The molecule has 0 fully saturated rings. The molecule has 1 rings (SSSR count). The number of alkyl halides is 1. The number of methoxy groups -OCH3 is 2. The summed E-state index contributed by atoms with van der Waals surface area (Å²) in [5.41, 5.74) is 2.48. The topological polar surface area (TPSA) is 21.7 Å². The first kappa shape index (κ1) is 17.0. The van der Waals surface area contributed by atoms with Crippen molar-refractivity contribution in [2.24, 2.45) is 0 Å². The summed E-state index contributed by atoms with van der Waals surface area (Å²) in [6.07, 6.45) is 0. The lowest BCUT2D eigenvalue weighted by atomic mass is 10.1. The molecule has 0 aromatic heterocycles. The van der Waals surface area contributed by atoms with Crippen molar-refractivity contribution in [2.45, 2.75) is 18.3 Å². The van der Waals surface area contributed by atoms with Crippen molar-refractivity contribution in [1.29, 1.82) is 0 Å². The van der Waals surface area contributed by atoms with E-state index in [1.54, 1.807) is 14.2 Å². The molecule has 0 aliphatic carbocycles. The molecule has 3 nitrogen and oxygen atoms in total. The first-order chi connectivity index (χ1) is 9.13. The molecule has 5 heteroatoms. The highest BCUT2D eigenvalue weighted by molar-refractivity contribution is 9.10. The third kappa shape index (κ3) is 5.06. The largest absolute Gasteiger partial charge is 0.383 e. The minimum atomic E-state index is 0.298. The van der Waals surface area contributed by atoms with Gasteiger partial charge in [-0.05, 0) is 24.6 Å². The summed E-state index contributed by atoms with van der Waals surface area (Å²) in [5.74, 6) is 0. The van der Waals surface area contributed by atoms with Gasteiger partial charge in [0.1, 0.15) is 0 Å². The normalized spacial score (nSPS) is 12.5. The van der Waals surface area contributed by atoms with Gasteiger partial charge in [0.2, 0.25) is 0 Å². The number of hydrogen-bond donors (Lipinski definition) is 0. The van der Waals surface area contributed by atoms with Crippen LogP contribution in [0.2, 0.25) is 0 Å². The van der Waals surface area contributed by atoms with Crippen LogP contribution in [0, 0.1) is 0 Å². The standard InChI is InChI=1S/C14H21Br2NO2/c1-11(10-19-3)17(6-7-18-2)14-8-13(16)5-4-12(14)9-15/h4-5,8,11H,6-7,9-10H2,1-3H3. The number of benzene rings is 1. The molecule has 0 amide bonds. The van der Waals surface area contributed by atoms with Crippen LogP contribution in [0.3, 0.4) is 0 Å². The monoisotopic (exact) mass is 393 g/mol. The fourth-order valence-corrected chi connectivity index (χ4v) is 2.84. The third-order valence-corrected chi connectivity index (χ3v) is 4.07. The second-order valence-electron chi connectivity index (χ2n) is 4.40. The van der Waals surface area contributed by atoms with Crippen LogP contribution >= 0.6 is 31.9 Å². The van der Waals surface area contributed by atoms with Gasteiger partial charge in [0.05, 0.1) is 13.2 Å². The van der Waals surface area contributed by atoms with Crippen LogP contribution in [-0.2, 0) is 14.8 Å². The molecule has 0 aliphatic rings. The molecule has 0 bridgehead atoms. The molecule has 1 atom stereocenters. The van der Waals surface area contributed by atoms with Crippen molar-refractivity contribution < 1.29 is 9.47 Å². The summed E-state index contributed by atoms with van der Waals surface area (Å²) < 4.78 is 11.6. The number of anilines is 1. The van der Waals surface area contributed by atoms with Gasteiger partial charge >= 0.3 is 0 Å². The molecule has 0 saturated carbocycles. The first-order valence-electron chi connectivity index (χ1n) is 6.23. The fraction of sp³-hybridized carbons (Fsp3) is 0.571. The van der Waals surface area contributed by atoms with Gasteiger partial charge in [0.15, 0.2) is 0 Å². The molecule has 0 aliphatic heterocycles. The highest BCUT2D eigenvalue weighted by atomic mass is 79.9. The van der Waals surface area contributed by atoms with Crippen LogP contribution < -0.4 is 4.90 Å². The van der Waals surface area contributed by atoms with E-state index in [0.717, 1.165) is 16.3 Å². The number of nitrogens with zero attached hydrogens (tertiary/aromatic N) is 1. The predicted molar refractivity (Wildman–Crippen MR) is 87.3 cm³/mol. The molecular formula is C14H21Br2NO2. The smallest absolute Gasteiger partial charge is 0.0663 e. The summed E-state index contributed by atoms with van der Waals surface area (Å²) in [6, 6.07) is 6.65. The zero-order valence-electron chi connectivity index (χ0n) is 11.7. The Hall–Kier alpha value is -0.100. The average molecular weight is 395 g/mol. The summed E-state index contributed by atoms with van der Waals surface area (Å²) in [6.45, 7) is 4.40. The van der Waals surface area contributed by atoms with Gasteiger partial charge < -0.3 is 14.4 Å². The fourth-order valence-electron chi connectivity index (χ4n) is 2.02. The molecule has 0 N–H and O–H groups in total. The zero-order valence-corrected chi connectivity index (χ0v) is 14.8. The van der Waals surface area contributed by atoms with E-state index in [0.29, 0.717) is 19.3 Å². The van der Waals surface area contributed by atoms with E-state index in [-0.39, 0.29) is 0 Å². The van der Waals surface area contributed by atoms with Gasteiger partial charge in [0, 0.05) is 42.3 Å². The van der Waals surface area contributed by atoms with Gasteiger partial charge in [-0.1, -0.05) is 37.9 Å². The molecule has 1 unspecified atom stereocenters. The number of ether oxygens (including phenoxy) is 2. The van der Waals surface area contributed by atoms with Crippen LogP contribution in [0.4, 0.5) is 5.69 Å². The van der Waals surface area contributed by atoms with E-state index in [9.17, 15) is 0 Å². The predicted octanol–water partition coefficient (Wildman–Crippen LogP) is 3.83. The maximum atomic E-state index is 5.28. The molecule has 0 heterocycles. The van der Waals surface area contributed by atoms with Crippen molar-refractivity contribution in [2.75, 3.05) is 38.9 Å². The van der Waals surface area contributed by atoms with E-state index in [4.69, 9.17) is 9.47 Å². The van der Waals surface area contributed by atoms with E-state index in [2.05, 4.69) is 61.9 Å². The van der Waals surface area contributed by atoms with E-state index in [1.807, 2.05) is 0 Å². The second kappa shape index (κ2) is 8.95. The van der Waals surface area contributed by atoms with Crippen molar-refractivity contribution in [1.82, 2.24) is 0 Å². The Labute approximate surface area is 132 Å². The van der Waals surface area contributed by atoms with E-state index < -0.39 is 0 Å². The van der Waals surface area contributed by atoms with Crippen LogP contribution in [0.1, 0.15) is 12.5 Å². The zero-order chi connectivity index (χ0) is 14.3. The van der Waals surface area contributed by atoms with Crippen LogP contribution in [-0.4, -0.2) is 40.0 Å². The number of rotatable bonds is 8. The lowest BCUT2D eigenvalue weighted by molar-refractivity contribution is 0.171. The summed E-state index contributed by atoms with van der Waals surface area (Å²) in [4.78, 5) is 2.33. The maximum absolute atomic E-state index is 5.28. The molecular weight excluding hydrogens is 374 g/mol. The molecule has 1 aromatic carbocycles. The van der Waals surface area contributed by atoms with Gasteiger partial charge in [-0.15, -0.1) is 0 Å². The van der Waals surface area contributed by atoms with Gasteiger partial charge in [-0.3, -0.25) is 0 Å². The van der Waals surface area contributed by atoms with Crippen LogP contribution in [0.15, 0.2) is 22.7 Å². The quantitative estimate of drug-likeness (QED) is 0.625. The Balaban J connectivity index is 3.04. The minimum absolute atomic E-state index is 0.298. The minimum Gasteiger partial charge on any atom is -0.383 e. The van der Waals surface area contributed by atoms with Gasteiger partial charge in [0.25, 0.3) is 0 Å². The lowest BCUT2D eigenvalue weighted by Crippen LogP contribution is -2.39. The van der Waals surface area contributed by atoms with Gasteiger partial charge in [-0.25, -0.2) is 0 Å². The maximum Gasteiger partial charge on any atom is 0.0663 e. The number of halogens is 2. The summed E-state index contributed by atoms with van der Waals surface area (Å²) in [5, 5.41) is 0.832.